The van der Waals surface area contributed by atoms with Crippen molar-refractivity contribution in [1.29, 1.82) is 0 Å². The maximum Gasteiger partial charge on any atom is 0.0945 e. The van der Waals surface area contributed by atoms with Crippen LogP contribution in [0.4, 0.5) is 0 Å². The Morgan fingerprint density at radius 2 is 2.00 bits per heavy atom. The molecule has 4 nitrogen and oxygen atoms in total. The molecule has 1 saturated heterocycles. The van der Waals surface area contributed by atoms with Crippen LogP contribution in [0.5, 0.6) is 0 Å². The Kier molecular flexibility index (Phi) is 5.61. The molecule has 2 unspecified atom stereocenters. The Labute approximate surface area is 123 Å². The van der Waals surface area contributed by atoms with Gasteiger partial charge in [-0.1, -0.05) is 27.7 Å². The molecule has 0 aliphatic carbocycles. The van der Waals surface area contributed by atoms with Crippen LogP contribution in [-0.4, -0.2) is 46.2 Å². The van der Waals surface area contributed by atoms with E-state index in [9.17, 15) is 0 Å². The number of aryl methyl sites for hydroxylation is 1. The van der Waals surface area contributed by atoms with E-state index in [1.54, 1.807) is 0 Å². The molecule has 0 saturated carbocycles. The average Bonchev–Trinajstić information content (AvgIpc) is 2.91. The molecule has 2 rings (SSSR count). The first-order valence-corrected chi connectivity index (χ1v) is 8.01. The van der Waals surface area contributed by atoms with E-state index in [0.29, 0.717) is 23.9 Å². The number of piperazine rings is 1. The van der Waals surface area contributed by atoms with Gasteiger partial charge in [0.25, 0.3) is 0 Å². The van der Waals surface area contributed by atoms with E-state index in [1.807, 2.05) is 12.5 Å². The molecule has 0 radical (unpaired) electrons. The summed E-state index contributed by atoms with van der Waals surface area (Å²) in [6.45, 7) is 13.9. The third-order valence-electron chi connectivity index (χ3n) is 4.48. The summed E-state index contributed by atoms with van der Waals surface area (Å²) in [5.74, 6) is 1.42. The molecule has 2 atom stereocenters. The summed E-state index contributed by atoms with van der Waals surface area (Å²) in [6.07, 6.45) is 7.02. The van der Waals surface area contributed by atoms with Crippen LogP contribution in [0.25, 0.3) is 0 Å². The fraction of sp³-hybridized carbons (Fsp3) is 0.812. The molecular weight excluding hydrogens is 248 g/mol. The zero-order valence-corrected chi connectivity index (χ0v) is 13.4. The second kappa shape index (κ2) is 7.23. The third kappa shape index (κ3) is 4.06. The highest BCUT2D eigenvalue weighted by molar-refractivity contribution is 4.89. The van der Waals surface area contributed by atoms with E-state index in [1.165, 1.54) is 19.5 Å². The maximum absolute atomic E-state index is 4.11. The number of hydrogen-bond donors (Lipinski definition) is 1. The maximum atomic E-state index is 4.11. The van der Waals surface area contributed by atoms with Gasteiger partial charge in [0.2, 0.25) is 0 Å². The van der Waals surface area contributed by atoms with Crippen molar-refractivity contribution in [3.05, 3.63) is 18.7 Å². The highest BCUT2D eigenvalue weighted by Gasteiger charge is 2.30. The SMILES string of the molecule is CC(C)C1CN(CCCn2ccnc2)C(C(C)C)CN1. The molecule has 4 heteroatoms. The van der Waals surface area contributed by atoms with Gasteiger partial charge >= 0.3 is 0 Å². The quantitative estimate of drug-likeness (QED) is 0.866. The number of nitrogens with one attached hydrogen (secondary N) is 1. The molecule has 1 aromatic rings. The average molecular weight is 278 g/mol. The first kappa shape index (κ1) is 15.5. The lowest BCUT2D eigenvalue weighted by Gasteiger charge is -2.43. The van der Waals surface area contributed by atoms with Crippen LogP contribution in [0.15, 0.2) is 18.7 Å². The van der Waals surface area contributed by atoms with Crippen LogP contribution in [0.3, 0.4) is 0 Å². The first-order chi connectivity index (χ1) is 9.58. The van der Waals surface area contributed by atoms with Crippen molar-refractivity contribution in [3.63, 3.8) is 0 Å². The van der Waals surface area contributed by atoms with E-state index in [0.717, 1.165) is 13.1 Å². The number of imidazole rings is 1. The number of rotatable bonds is 6. The van der Waals surface area contributed by atoms with Gasteiger partial charge < -0.3 is 9.88 Å². The van der Waals surface area contributed by atoms with Crippen molar-refractivity contribution in [2.75, 3.05) is 19.6 Å². The monoisotopic (exact) mass is 278 g/mol. The molecule has 1 aromatic heterocycles. The van der Waals surface area contributed by atoms with E-state index in [4.69, 9.17) is 0 Å². The zero-order valence-electron chi connectivity index (χ0n) is 13.4. The molecule has 0 spiro atoms. The fourth-order valence-corrected chi connectivity index (χ4v) is 3.09. The van der Waals surface area contributed by atoms with Gasteiger partial charge in [-0.15, -0.1) is 0 Å². The summed E-state index contributed by atoms with van der Waals surface area (Å²) >= 11 is 0. The Balaban J connectivity index is 1.86. The third-order valence-corrected chi connectivity index (χ3v) is 4.48. The van der Waals surface area contributed by atoms with Crippen LogP contribution in [-0.2, 0) is 6.54 Å². The molecule has 2 heterocycles. The highest BCUT2D eigenvalue weighted by atomic mass is 15.2. The lowest BCUT2D eigenvalue weighted by Crippen LogP contribution is -2.59. The van der Waals surface area contributed by atoms with Crippen LogP contribution in [0.2, 0.25) is 0 Å². The largest absolute Gasteiger partial charge is 0.337 e. The van der Waals surface area contributed by atoms with Crippen molar-refractivity contribution in [1.82, 2.24) is 19.8 Å². The summed E-state index contributed by atoms with van der Waals surface area (Å²) in [7, 11) is 0. The number of hydrogen-bond acceptors (Lipinski definition) is 3. The van der Waals surface area contributed by atoms with E-state index in [2.05, 4.69) is 53.7 Å². The second-order valence-corrected chi connectivity index (χ2v) is 6.72. The lowest BCUT2D eigenvalue weighted by atomic mass is 9.94. The lowest BCUT2D eigenvalue weighted by molar-refractivity contribution is 0.0829. The zero-order chi connectivity index (χ0) is 14.5. The Bertz CT molecular complexity index is 372. The smallest absolute Gasteiger partial charge is 0.0945 e. The summed E-state index contributed by atoms with van der Waals surface area (Å²) in [5.41, 5.74) is 0. The van der Waals surface area contributed by atoms with Crippen LogP contribution in [0.1, 0.15) is 34.1 Å². The minimum Gasteiger partial charge on any atom is -0.337 e. The number of aromatic nitrogens is 2. The topological polar surface area (TPSA) is 33.1 Å². The minimum absolute atomic E-state index is 0.637. The van der Waals surface area contributed by atoms with Gasteiger partial charge in [0.15, 0.2) is 0 Å². The predicted molar refractivity (Wildman–Crippen MR) is 83.7 cm³/mol. The molecule has 1 aliphatic rings. The summed E-state index contributed by atoms with van der Waals surface area (Å²) in [6, 6.07) is 1.31. The van der Waals surface area contributed by atoms with Crippen molar-refractivity contribution < 1.29 is 0 Å². The molecule has 1 aliphatic heterocycles. The first-order valence-electron chi connectivity index (χ1n) is 8.01. The summed E-state index contributed by atoms with van der Waals surface area (Å²) in [4.78, 5) is 6.80. The molecule has 0 amide bonds. The van der Waals surface area contributed by atoms with Gasteiger partial charge in [-0.05, 0) is 18.3 Å². The molecule has 0 bridgehead atoms. The molecule has 1 fully saturated rings. The van der Waals surface area contributed by atoms with Crippen molar-refractivity contribution in [2.45, 2.75) is 52.7 Å². The van der Waals surface area contributed by atoms with Gasteiger partial charge in [0, 0.05) is 50.7 Å². The van der Waals surface area contributed by atoms with Gasteiger partial charge in [-0.25, -0.2) is 4.98 Å². The van der Waals surface area contributed by atoms with Gasteiger partial charge in [-0.3, -0.25) is 4.90 Å². The van der Waals surface area contributed by atoms with E-state index < -0.39 is 0 Å². The minimum atomic E-state index is 0.637. The second-order valence-electron chi connectivity index (χ2n) is 6.72. The normalized spacial score (nSPS) is 24.7. The molecule has 114 valence electrons. The van der Waals surface area contributed by atoms with Gasteiger partial charge in [-0.2, -0.15) is 0 Å². The van der Waals surface area contributed by atoms with Gasteiger partial charge in [0.05, 0.1) is 6.33 Å². The molecular formula is C16H30N4. The van der Waals surface area contributed by atoms with Crippen LogP contribution >= 0.6 is 0 Å². The van der Waals surface area contributed by atoms with Crippen LogP contribution < -0.4 is 5.32 Å². The Morgan fingerprint density at radius 1 is 1.20 bits per heavy atom. The molecule has 20 heavy (non-hydrogen) atoms. The highest BCUT2D eigenvalue weighted by Crippen LogP contribution is 2.18. The van der Waals surface area contributed by atoms with Crippen molar-refractivity contribution >= 4 is 0 Å². The summed E-state index contributed by atoms with van der Waals surface area (Å²) < 4.78 is 2.17. The fourth-order valence-electron chi connectivity index (χ4n) is 3.09. The van der Waals surface area contributed by atoms with Crippen molar-refractivity contribution in [3.8, 4) is 0 Å². The van der Waals surface area contributed by atoms with Crippen molar-refractivity contribution in [2.24, 2.45) is 11.8 Å². The van der Waals surface area contributed by atoms with Crippen LogP contribution in [0, 0.1) is 11.8 Å². The Hall–Kier alpha value is -0.870. The summed E-state index contributed by atoms with van der Waals surface area (Å²) in [5, 5.41) is 3.73. The number of nitrogens with zero attached hydrogens (tertiary/aromatic N) is 3. The Morgan fingerprint density at radius 3 is 2.60 bits per heavy atom. The predicted octanol–water partition coefficient (Wildman–Crippen LogP) is 2.23. The molecule has 0 aromatic carbocycles. The van der Waals surface area contributed by atoms with Gasteiger partial charge in [0.1, 0.15) is 0 Å². The molecule has 1 N–H and O–H groups in total. The van der Waals surface area contributed by atoms with E-state index in [-0.39, 0.29) is 0 Å². The standard InChI is InChI=1S/C16H30N4/c1-13(2)15-11-20(16(10-18-15)14(3)4)8-5-7-19-9-6-17-12-19/h6,9,12-16,18H,5,7-8,10-11H2,1-4H3. The van der Waals surface area contributed by atoms with E-state index >= 15 is 0 Å².